The molecule has 0 aromatic carbocycles. The first kappa shape index (κ1) is 67.9. The van der Waals surface area contributed by atoms with Crippen LogP contribution in [-0.4, -0.2) is 121 Å². The molecular formula is C57H108N5O11P. The number of allylic oxidation sites excluding steroid dienone is 1. The Bertz CT molecular complexity index is 1800. The molecule has 16 nitrogen and oxygen atoms in total. The van der Waals surface area contributed by atoms with E-state index in [0.29, 0.717) is 37.8 Å². The molecule has 432 valence electrons. The zero-order chi connectivity index (χ0) is 54.1. The molecule has 0 bridgehead atoms. The number of unbranched alkanes of at least 4 members (excludes halogenated alkanes) is 30. The van der Waals surface area contributed by atoms with Gasteiger partial charge in [-0.3, -0.25) is 14.3 Å². The molecule has 2 aromatic heterocycles. The number of hydrogen-bond donors (Lipinski definition) is 7. The molecule has 0 radical (unpaired) electrons. The Hall–Kier alpha value is -2.24. The maximum Gasteiger partial charge on any atom is 0.350 e. The minimum absolute atomic E-state index is 0.0203. The summed E-state index contributed by atoms with van der Waals surface area (Å²) in [5.74, 6) is 0.515. The maximum atomic E-state index is 14.0. The summed E-state index contributed by atoms with van der Waals surface area (Å²) in [5.41, 5.74) is 0.913. The monoisotopic (exact) mass is 1070 g/mol. The van der Waals surface area contributed by atoms with Gasteiger partial charge in [-0.1, -0.05) is 212 Å². The Morgan fingerprint density at radius 2 is 1.05 bits per heavy atom. The zero-order valence-corrected chi connectivity index (χ0v) is 48.0. The lowest BCUT2D eigenvalue weighted by Crippen LogP contribution is -2.42. The predicted octanol–water partition coefficient (Wildman–Crippen LogP) is 11.9. The van der Waals surface area contributed by atoms with E-state index in [4.69, 9.17) is 19.2 Å². The van der Waals surface area contributed by atoms with Crippen LogP contribution in [0.3, 0.4) is 0 Å². The minimum Gasteiger partial charge on any atom is -0.394 e. The van der Waals surface area contributed by atoms with E-state index in [2.05, 4.69) is 23.8 Å². The van der Waals surface area contributed by atoms with E-state index < -0.39 is 51.0 Å². The molecule has 0 saturated heterocycles. The number of aliphatic hydroxyl groups excluding tert-OH is 4. The van der Waals surface area contributed by atoms with Crippen molar-refractivity contribution < 1.29 is 49.0 Å². The summed E-state index contributed by atoms with van der Waals surface area (Å²) in [4.78, 5) is 46.9. The van der Waals surface area contributed by atoms with Crippen molar-refractivity contribution in [3.63, 3.8) is 0 Å². The van der Waals surface area contributed by atoms with Crippen molar-refractivity contribution >= 4 is 24.7 Å². The molecular weight excluding hydrogens is 962 g/mol. The van der Waals surface area contributed by atoms with Crippen molar-refractivity contribution in [3.8, 4) is 0 Å². The average molecular weight is 1070 g/mol. The molecule has 2 aromatic rings. The van der Waals surface area contributed by atoms with Gasteiger partial charge in [-0.25, -0.2) is 4.98 Å². The number of hydrogen-bond acceptors (Lipinski definition) is 12. The molecule has 0 amide bonds. The van der Waals surface area contributed by atoms with Gasteiger partial charge < -0.3 is 53.9 Å². The number of anilines is 1. The van der Waals surface area contributed by atoms with Gasteiger partial charge in [-0.15, -0.1) is 0 Å². The Morgan fingerprint density at radius 3 is 1.49 bits per heavy atom. The van der Waals surface area contributed by atoms with Crippen LogP contribution in [0, 0.1) is 0 Å². The van der Waals surface area contributed by atoms with Gasteiger partial charge in [0.05, 0.1) is 51.3 Å². The lowest BCUT2D eigenvalue weighted by atomic mass is 10.0. The predicted molar refractivity (Wildman–Crippen MR) is 301 cm³/mol. The highest BCUT2D eigenvalue weighted by atomic mass is 31.2. The molecule has 0 saturated carbocycles. The van der Waals surface area contributed by atoms with Crippen LogP contribution in [0.5, 0.6) is 0 Å². The van der Waals surface area contributed by atoms with Crippen molar-refractivity contribution in [2.45, 2.75) is 271 Å². The van der Waals surface area contributed by atoms with Crippen LogP contribution in [0.1, 0.15) is 245 Å². The molecule has 3 unspecified atom stereocenters. The van der Waals surface area contributed by atoms with Crippen LogP contribution in [0.25, 0.3) is 11.2 Å². The summed E-state index contributed by atoms with van der Waals surface area (Å²) in [7, 11) is -4.44. The number of rotatable bonds is 52. The summed E-state index contributed by atoms with van der Waals surface area (Å²) in [6.45, 7) is 8.22. The molecule has 3 atom stereocenters. The zero-order valence-electron chi connectivity index (χ0n) is 47.1. The fourth-order valence-electron chi connectivity index (χ4n) is 9.74. The van der Waals surface area contributed by atoms with Crippen molar-refractivity contribution in [3.05, 3.63) is 27.4 Å². The first-order chi connectivity index (χ1) is 35.9. The number of aliphatic hydroxyl groups is 4. The lowest BCUT2D eigenvalue weighted by Gasteiger charge is -2.34. The largest absolute Gasteiger partial charge is 0.394 e. The van der Waals surface area contributed by atoms with Crippen molar-refractivity contribution in [1.82, 2.24) is 19.5 Å². The third-order valence-corrected chi connectivity index (χ3v) is 14.5. The van der Waals surface area contributed by atoms with E-state index in [1.165, 1.54) is 173 Å². The number of aromatic nitrogens is 4. The molecule has 7 N–H and O–H groups in total. The van der Waals surface area contributed by atoms with Gasteiger partial charge >= 0.3 is 7.60 Å². The summed E-state index contributed by atoms with van der Waals surface area (Å²) >= 11 is 0. The highest BCUT2D eigenvalue weighted by Gasteiger charge is 2.30. The molecule has 0 aliphatic heterocycles. The Balaban J connectivity index is 2.08. The van der Waals surface area contributed by atoms with Crippen LogP contribution < -0.4 is 10.5 Å². The fourth-order valence-corrected chi connectivity index (χ4v) is 10.1. The van der Waals surface area contributed by atoms with Crippen molar-refractivity contribution in [2.75, 3.05) is 57.4 Å². The summed E-state index contributed by atoms with van der Waals surface area (Å²) in [5, 5.41) is 41.7. The molecule has 0 aliphatic carbocycles. The quantitative estimate of drug-likeness (QED) is 0.0241. The normalized spacial score (nSPS) is 13.3. The van der Waals surface area contributed by atoms with E-state index >= 15 is 0 Å². The van der Waals surface area contributed by atoms with Crippen LogP contribution in [0.2, 0.25) is 0 Å². The number of nitrogens with zero attached hydrogens (tertiary/aromatic N) is 4. The van der Waals surface area contributed by atoms with Gasteiger partial charge in [0.15, 0.2) is 11.2 Å². The van der Waals surface area contributed by atoms with Gasteiger partial charge in [-0.2, -0.15) is 4.98 Å². The molecule has 2 rings (SSSR count). The molecule has 74 heavy (non-hydrogen) atoms. The van der Waals surface area contributed by atoms with Gasteiger partial charge in [0.1, 0.15) is 12.2 Å². The number of imidazole rings is 1. The number of fused-ring (bicyclic) bond motifs is 1. The first-order valence-corrected chi connectivity index (χ1v) is 31.5. The number of nitrogens with one attached hydrogen (secondary N) is 1. The van der Waals surface area contributed by atoms with Crippen LogP contribution in [0.4, 0.5) is 5.95 Å². The minimum atomic E-state index is -4.44. The first-order valence-electron chi connectivity index (χ1n) is 29.7. The molecule has 2 heterocycles. The topological polar surface area (TPSA) is 233 Å². The number of ether oxygens (including phenoxy) is 3. The van der Waals surface area contributed by atoms with Crippen molar-refractivity contribution in [2.24, 2.45) is 0 Å². The second-order valence-corrected chi connectivity index (χ2v) is 22.8. The second-order valence-electron chi connectivity index (χ2n) is 21.2. The Kier molecular flexibility index (Phi) is 40.1. The third-order valence-electron chi connectivity index (χ3n) is 14.0. The van der Waals surface area contributed by atoms with E-state index in [-0.39, 0.29) is 43.2 Å². The Labute approximate surface area is 447 Å². The van der Waals surface area contributed by atoms with Gasteiger partial charge in [0.25, 0.3) is 5.56 Å². The van der Waals surface area contributed by atoms with Gasteiger partial charge in [0.2, 0.25) is 5.95 Å². The van der Waals surface area contributed by atoms with Crippen LogP contribution >= 0.6 is 7.60 Å². The van der Waals surface area contributed by atoms with E-state index in [1.54, 1.807) is 9.47 Å². The highest BCUT2D eigenvalue weighted by molar-refractivity contribution is 7.51. The Morgan fingerprint density at radius 1 is 0.608 bits per heavy atom. The number of aromatic amines is 1. The summed E-state index contributed by atoms with van der Waals surface area (Å²) in [6, 6.07) is 0. The highest BCUT2D eigenvalue weighted by Crippen LogP contribution is 2.34. The SMILES string of the molecule is CCCCCCCCCCCCCCCCCCOCCc1nc2c(=O)[nH]c(N(CC(O)CO)C(=C(C)C)C(CC(O)CO)OCCCCCCCCCCCCCCCCCC)nc2n1CCOCP(=O)(O)O. The fraction of sp³-hybridized carbons (Fsp3) is 0.877. The van der Waals surface area contributed by atoms with E-state index in [0.717, 1.165) is 37.7 Å². The van der Waals surface area contributed by atoms with Gasteiger partial charge in [0, 0.05) is 38.3 Å². The van der Waals surface area contributed by atoms with Crippen LogP contribution in [-0.2, 0) is 31.7 Å². The van der Waals surface area contributed by atoms with E-state index in [9.17, 15) is 39.6 Å². The average Bonchev–Trinajstić information content (AvgIpc) is 3.73. The molecule has 0 fully saturated rings. The smallest absolute Gasteiger partial charge is 0.350 e. The second kappa shape index (κ2) is 43.7. The van der Waals surface area contributed by atoms with Gasteiger partial charge in [-0.05, 0) is 26.7 Å². The van der Waals surface area contributed by atoms with E-state index in [1.807, 2.05) is 13.8 Å². The summed E-state index contributed by atoms with van der Waals surface area (Å²) in [6.07, 6.45) is 37.0. The molecule has 0 spiro atoms. The molecule has 0 aliphatic rings. The summed E-state index contributed by atoms with van der Waals surface area (Å²) < 4.78 is 31.2. The lowest BCUT2D eigenvalue weighted by molar-refractivity contribution is 0.0105. The third kappa shape index (κ3) is 31.9. The van der Waals surface area contributed by atoms with Crippen molar-refractivity contribution in [1.29, 1.82) is 0 Å². The molecule has 17 heteroatoms. The number of H-pyrrole nitrogens is 1. The standard InChI is InChI=1S/C57H108N5O11P/c1-5-7-9-11-13-15-17-19-21-23-25-27-29-31-33-35-39-71-41-37-52-58-53-55(61(52)38-42-72-47-74(68,69)70)59-57(60-56(53)67)62(44-50(66)46-64)54(48(3)4)51(43-49(65)45-63)73-40-36-34-32-30-28-26-24-22-20-18-16-14-12-10-8-6-2/h49-51,63-66H,5-47H2,1-4H3,(H,59,60,67)(H2,68,69,70). The maximum absolute atomic E-state index is 14.0. The van der Waals surface area contributed by atoms with Crippen LogP contribution in [0.15, 0.2) is 16.1 Å².